The Morgan fingerprint density at radius 2 is 2.43 bits per heavy atom. The molecule has 1 aromatic heterocycles. The summed E-state index contributed by atoms with van der Waals surface area (Å²) in [6.07, 6.45) is 3.28. The average molecular weight is 206 g/mol. The van der Waals surface area contributed by atoms with Gasteiger partial charge in [0.2, 0.25) is 0 Å². The van der Waals surface area contributed by atoms with Crippen LogP contribution in [0.25, 0.3) is 0 Å². The van der Waals surface area contributed by atoms with Gasteiger partial charge in [0.05, 0.1) is 0 Å². The zero-order valence-electron chi connectivity index (χ0n) is 8.38. The molecule has 1 atom stereocenters. The molecule has 0 bridgehead atoms. The average Bonchev–Trinajstić information content (AvgIpc) is 2.63. The molecule has 1 nitrogen and oxygen atoms in total. The van der Waals surface area contributed by atoms with Crippen LogP contribution >= 0.6 is 11.3 Å². The smallest absolute Gasteiger partial charge is 0.165 e. The molecule has 1 aliphatic rings. The van der Waals surface area contributed by atoms with Gasteiger partial charge in [-0.1, -0.05) is 6.58 Å². The molecule has 74 valence electrons. The van der Waals surface area contributed by atoms with Crippen molar-refractivity contribution in [2.45, 2.75) is 32.1 Å². The fraction of sp³-hybridized carbons (Fsp3) is 0.417. The Balaban J connectivity index is 2.32. The van der Waals surface area contributed by atoms with Gasteiger partial charge in [0.25, 0.3) is 0 Å². The second kappa shape index (κ2) is 3.70. The van der Waals surface area contributed by atoms with Crippen molar-refractivity contribution in [2.75, 3.05) is 0 Å². The van der Waals surface area contributed by atoms with Gasteiger partial charge in [-0.3, -0.25) is 4.79 Å². The highest BCUT2D eigenvalue weighted by molar-refractivity contribution is 7.10. The van der Waals surface area contributed by atoms with Crippen LogP contribution in [-0.4, -0.2) is 5.78 Å². The van der Waals surface area contributed by atoms with Crippen LogP contribution < -0.4 is 0 Å². The summed E-state index contributed by atoms with van der Waals surface area (Å²) >= 11 is 1.78. The minimum atomic E-state index is 0.0995. The van der Waals surface area contributed by atoms with Crippen molar-refractivity contribution in [3.63, 3.8) is 0 Å². The molecule has 14 heavy (non-hydrogen) atoms. The maximum atomic E-state index is 11.9. The van der Waals surface area contributed by atoms with Gasteiger partial charge >= 0.3 is 0 Å². The van der Waals surface area contributed by atoms with Gasteiger partial charge in [-0.05, 0) is 48.8 Å². The maximum Gasteiger partial charge on any atom is 0.165 e. The van der Waals surface area contributed by atoms with Crippen molar-refractivity contribution in [3.8, 4) is 0 Å². The highest BCUT2D eigenvalue weighted by atomic mass is 32.1. The summed E-state index contributed by atoms with van der Waals surface area (Å²) in [5.74, 6) is 0.326. The van der Waals surface area contributed by atoms with Gasteiger partial charge in [-0.2, -0.15) is 0 Å². The van der Waals surface area contributed by atoms with Crippen LogP contribution in [-0.2, 0) is 11.2 Å². The highest BCUT2D eigenvalue weighted by Gasteiger charge is 2.27. The van der Waals surface area contributed by atoms with E-state index in [1.165, 1.54) is 10.4 Å². The van der Waals surface area contributed by atoms with Crippen LogP contribution in [0.3, 0.4) is 0 Å². The van der Waals surface area contributed by atoms with E-state index in [4.69, 9.17) is 0 Å². The van der Waals surface area contributed by atoms with Crippen molar-refractivity contribution in [1.29, 1.82) is 0 Å². The molecule has 0 aromatic carbocycles. The number of aryl methyl sites for hydroxylation is 1. The summed E-state index contributed by atoms with van der Waals surface area (Å²) in [4.78, 5) is 13.3. The lowest BCUT2D eigenvalue weighted by molar-refractivity contribution is -0.117. The standard InChI is InChI=1S/C12H14OS/c1-8(2)12(13)10-4-3-5-11-9(10)6-7-14-11/h6-7,10H,1,3-5H2,2H3. The van der Waals surface area contributed by atoms with Crippen LogP contribution in [0.15, 0.2) is 23.6 Å². The van der Waals surface area contributed by atoms with Gasteiger partial charge in [0.15, 0.2) is 5.78 Å². The lowest BCUT2D eigenvalue weighted by atomic mass is 9.83. The van der Waals surface area contributed by atoms with Gasteiger partial charge < -0.3 is 0 Å². The lowest BCUT2D eigenvalue weighted by Gasteiger charge is -2.21. The van der Waals surface area contributed by atoms with Crippen LogP contribution in [0.4, 0.5) is 0 Å². The Morgan fingerprint density at radius 1 is 1.64 bits per heavy atom. The van der Waals surface area contributed by atoms with E-state index >= 15 is 0 Å². The Hall–Kier alpha value is -0.890. The first-order valence-electron chi connectivity index (χ1n) is 4.96. The second-order valence-electron chi connectivity index (χ2n) is 3.89. The van der Waals surface area contributed by atoms with Crippen LogP contribution in [0.2, 0.25) is 0 Å². The van der Waals surface area contributed by atoms with Crippen molar-refractivity contribution >= 4 is 17.1 Å². The van der Waals surface area contributed by atoms with E-state index in [-0.39, 0.29) is 11.7 Å². The molecule has 1 unspecified atom stereocenters. The molecular weight excluding hydrogens is 192 g/mol. The third-order valence-corrected chi connectivity index (χ3v) is 3.79. The number of hydrogen-bond donors (Lipinski definition) is 0. The first kappa shape index (κ1) is 9.66. The number of carbonyl (C=O) groups is 1. The zero-order valence-corrected chi connectivity index (χ0v) is 9.19. The number of carbonyl (C=O) groups excluding carboxylic acids is 1. The summed E-state index contributed by atoms with van der Waals surface area (Å²) in [6.45, 7) is 5.55. The van der Waals surface area contributed by atoms with E-state index in [1.54, 1.807) is 11.3 Å². The number of hydrogen-bond acceptors (Lipinski definition) is 2. The Labute approximate surface area is 88.5 Å². The molecule has 2 heteroatoms. The van der Waals surface area contributed by atoms with E-state index in [9.17, 15) is 4.79 Å². The molecule has 0 fully saturated rings. The van der Waals surface area contributed by atoms with Crippen LogP contribution in [0.5, 0.6) is 0 Å². The monoisotopic (exact) mass is 206 g/mol. The SMILES string of the molecule is C=C(C)C(=O)C1CCCc2sccc21. The van der Waals surface area contributed by atoms with Gasteiger partial charge in [-0.25, -0.2) is 0 Å². The number of Topliss-reactive ketones (excluding diaryl/α,β-unsaturated/α-hetero) is 1. The number of allylic oxidation sites excluding steroid dienone is 1. The molecule has 1 heterocycles. The van der Waals surface area contributed by atoms with E-state index in [1.807, 2.05) is 6.92 Å². The van der Waals surface area contributed by atoms with Gasteiger partial charge in [0, 0.05) is 10.8 Å². The summed E-state index contributed by atoms with van der Waals surface area (Å²) < 4.78 is 0. The molecule has 0 N–H and O–H groups in total. The van der Waals surface area contributed by atoms with E-state index in [0.29, 0.717) is 5.57 Å². The molecule has 2 rings (SSSR count). The third-order valence-electron chi connectivity index (χ3n) is 2.79. The topological polar surface area (TPSA) is 17.1 Å². The fourth-order valence-electron chi connectivity index (χ4n) is 2.06. The zero-order chi connectivity index (χ0) is 10.1. The van der Waals surface area contributed by atoms with Crippen molar-refractivity contribution in [2.24, 2.45) is 0 Å². The second-order valence-corrected chi connectivity index (χ2v) is 4.89. The van der Waals surface area contributed by atoms with Gasteiger partial charge in [-0.15, -0.1) is 11.3 Å². The Kier molecular flexibility index (Phi) is 2.55. The molecule has 1 aliphatic carbocycles. The summed E-state index contributed by atoms with van der Waals surface area (Å²) in [7, 11) is 0. The quantitative estimate of drug-likeness (QED) is 0.678. The largest absolute Gasteiger partial charge is 0.294 e. The number of thiophene rings is 1. The summed E-state index contributed by atoms with van der Waals surface area (Å²) in [5, 5.41) is 2.09. The molecular formula is C12H14OS. The molecule has 0 radical (unpaired) electrons. The number of rotatable bonds is 2. The lowest BCUT2D eigenvalue weighted by Crippen LogP contribution is -2.17. The van der Waals surface area contributed by atoms with Crippen LogP contribution in [0.1, 0.15) is 36.1 Å². The highest BCUT2D eigenvalue weighted by Crippen LogP contribution is 2.36. The third kappa shape index (κ3) is 1.55. The Bertz CT molecular complexity index is 375. The first-order chi connectivity index (χ1) is 6.70. The van der Waals surface area contributed by atoms with Gasteiger partial charge in [0.1, 0.15) is 0 Å². The van der Waals surface area contributed by atoms with Crippen molar-refractivity contribution in [3.05, 3.63) is 34.0 Å². The van der Waals surface area contributed by atoms with Crippen LogP contribution in [0, 0.1) is 0 Å². The first-order valence-corrected chi connectivity index (χ1v) is 5.84. The molecule has 0 aliphatic heterocycles. The molecule has 0 spiro atoms. The predicted octanol–water partition coefficient (Wildman–Crippen LogP) is 3.31. The predicted molar refractivity (Wildman–Crippen MR) is 59.8 cm³/mol. The summed E-state index contributed by atoms with van der Waals surface area (Å²) in [5.41, 5.74) is 1.95. The maximum absolute atomic E-state index is 11.9. The minimum absolute atomic E-state index is 0.0995. The summed E-state index contributed by atoms with van der Waals surface area (Å²) in [6, 6.07) is 2.10. The van der Waals surface area contributed by atoms with Crippen molar-refractivity contribution in [1.82, 2.24) is 0 Å². The fourth-order valence-corrected chi connectivity index (χ4v) is 3.04. The van der Waals surface area contributed by atoms with E-state index in [0.717, 1.165) is 19.3 Å². The normalized spacial score (nSPS) is 20.2. The van der Waals surface area contributed by atoms with Crippen molar-refractivity contribution < 1.29 is 4.79 Å². The number of ketones is 1. The minimum Gasteiger partial charge on any atom is -0.294 e. The van der Waals surface area contributed by atoms with E-state index < -0.39 is 0 Å². The molecule has 0 saturated carbocycles. The molecule has 0 saturated heterocycles. The number of fused-ring (bicyclic) bond motifs is 1. The van der Waals surface area contributed by atoms with E-state index in [2.05, 4.69) is 18.0 Å². The molecule has 0 amide bonds. The molecule has 1 aromatic rings. The Morgan fingerprint density at radius 3 is 3.14 bits per heavy atom.